The predicted octanol–water partition coefficient (Wildman–Crippen LogP) is 3.51. The van der Waals surface area contributed by atoms with E-state index in [0.29, 0.717) is 17.9 Å². The van der Waals surface area contributed by atoms with Gasteiger partial charge in [-0.1, -0.05) is 6.07 Å². The fourth-order valence-electron chi connectivity index (χ4n) is 1.31. The van der Waals surface area contributed by atoms with Crippen LogP contribution in [0.5, 0.6) is 5.75 Å². The van der Waals surface area contributed by atoms with Gasteiger partial charge in [-0.3, -0.25) is 10.1 Å². The summed E-state index contributed by atoms with van der Waals surface area (Å²) in [5.74, 6) is 0.636. The zero-order valence-electron chi connectivity index (χ0n) is 8.65. The van der Waals surface area contributed by atoms with Crippen molar-refractivity contribution in [2.75, 3.05) is 13.0 Å². The Morgan fingerprint density at radius 2 is 2.25 bits per heavy atom. The number of halogens is 2. The van der Waals surface area contributed by atoms with Crippen molar-refractivity contribution in [3.63, 3.8) is 0 Å². The van der Waals surface area contributed by atoms with E-state index in [2.05, 4.69) is 0 Å². The van der Waals surface area contributed by atoms with E-state index in [1.807, 2.05) is 0 Å². The van der Waals surface area contributed by atoms with Crippen molar-refractivity contribution < 1.29 is 9.66 Å². The Morgan fingerprint density at radius 3 is 2.75 bits per heavy atom. The van der Waals surface area contributed by atoms with Crippen LogP contribution in [-0.4, -0.2) is 17.9 Å². The van der Waals surface area contributed by atoms with Crippen molar-refractivity contribution in [2.45, 2.75) is 11.8 Å². The Morgan fingerprint density at radius 1 is 1.56 bits per heavy atom. The third-order valence-corrected chi connectivity index (χ3v) is 2.81. The molecule has 1 rings (SSSR count). The lowest BCUT2D eigenvalue weighted by Gasteiger charge is -2.09. The van der Waals surface area contributed by atoms with Crippen LogP contribution in [0, 0.1) is 10.1 Å². The van der Waals surface area contributed by atoms with Gasteiger partial charge in [-0.15, -0.1) is 23.2 Å². The number of alkyl halides is 2. The van der Waals surface area contributed by atoms with Gasteiger partial charge in [-0.2, -0.15) is 0 Å². The third kappa shape index (κ3) is 3.00. The molecule has 0 heterocycles. The maximum absolute atomic E-state index is 10.8. The second kappa shape index (κ2) is 5.92. The van der Waals surface area contributed by atoms with Crippen LogP contribution in [0.4, 0.5) is 5.69 Å². The second-order valence-electron chi connectivity index (χ2n) is 3.13. The van der Waals surface area contributed by atoms with Crippen LogP contribution in [0.1, 0.15) is 17.4 Å². The van der Waals surface area contributed by atoms with Gasteiger partial charge in [0.2, 0.25) is 0 Å². The molecule has 0 N–H and O–H groups in total. The molecule has 0 saturated carbocycles. The molecule has 0 saturated heterocycles. The average molecular weight is 264 g/mol. The highest BCUT2D eigenvalue weighted by molar-refractivity contribution is 6.22. The van der Waals surface area contributed by atoms with E-state index >= 15 is 0 Å². The maximum atomic E-state index is 10.8. The smallest absolute Gasteiger partial charge is 0.311 e. The number of benzene rings is 1. The summed E-state index contributed by atoms with van der Waals surface area (Å²) in [4.78, 5) is 10.3. The van der Waals surface area contributed by atoms with E-state index in [1.165, 1.54) is 19.2 Å². The highest BCUT2D eigenvalue weighted by Gasteiger charge is 2.18. The molecule has 1 aromatic rings. The largest absolute Gasteiger partial charge is 0.490 e. The summed E-state index contributed by atoms with van der Waals surface area (Å²) in [7, 11) is 1.39. The first-order valence-corrected chi connectivity index (χ1v) is 5.59. The Hall–Kier alpha value is -1.00. The van der Waals surface area contributed by atoms with Gasteiger partial charge in [0.1, 0.15) is 0 Å². The summed E-state index contributed by atoms with van der Waals surface area (Å²) >= 11 is 11.6. The van der Waals surface area contributed by atoms with Crippen LogP contribution in [0.15, 0.2) is 18.2 Å². The summed E-state index contributed by atoms with van der Waals surface area (Å²) < 4.78 is 4.89. The molecule has 0 fully saturated rings. The van der Waals surface area contributed by atoms with Gasteiger partial charge in [0.05, 0.1) is 17.4 Å². The van der Waals surface area contributed by atoms with Crippen LogP contribution in [0.2, 0.25) is 0 Å². The standard InChI is InChI=1S/C10H11Cl2NO3/c1-16-10-3-2-7(8(12)4-5-11)6-9(10)13(14)15/h2-3,6,8H,4-5H2,1H3. The number of hydrogen-bond donors (Lipinski definition) is 0. The van der Waals surface area contributed by atoms with Gasteiger partial charge in [0.25, 0.3) is 0 Å². The Kier molecular flexibility index (Phi) is 4.83. The Labute approximate surface area is 103 Å². The van der Waals surface area contributed by atoms with Crippen LogP contribution < -0.4 is 4.74 Å². The summed E-state index contributed by atoms with van der Waals surface area (Å²) in [6.07, 6.45) is 0.562. The number of ether oxygens (including phenoxy) is 1. The number of rotatable bonds is 5. The quantitative estimate of drug-likeness (QED) is 0.464. The minimum atomic E-state index is -0.493. The van der Waals surface area contributed by atoms with Crippen molar-refractivity contribution in [3.05, 3.63) is 33.9 Å². The molecule has 0 aliphatic rings. The molecule has 0 radical (unpaired) electrons. The molecule has 1 aromatic carbocycles. The van der Waals surface area contributed by atoms with E-state index in [9.17, 15) is 10.1 Å². The first kappa shape index (κ1) is 13.1. The van der Waals surface area contributed by atoms with E-state index in [4.69, 9.17) is 27.9 Å². The van der Waals surface area contributed by atoms with Crippen molar-refractivity contribution >= 4 is 28.9 Å². The zero-order chi connectivity index (χ0) is 12.1. The molecule has 0 aromatic heterocycles. The zero-order valence-corrected chi connectivity index (χ0v) is 10.2. The second-order valence-corrected chi connectivity index (χ2v) is 4.04. The fourth-order valence-corrected chi connectivity index (χ4v) is 1.88. The SMILES string of the molecule is COc1ccc(C(Cl)CCCl)cc1[N+](=O)[O-]. The van der Waals surface area contributed by atoms with Crippen molar-refractivity contribution in [1.29, 1.82) is 0 Å². The van der Waals surface area contributed by atoms with Gasteiger partial charge >= 0.3 is 5.69 Å². The summed E-state index contributed by atoms with van der Waals surface area (Å²) in [5.41, 5.74) is 0.593. The monoisotopic (exact) mass is 263 g/mol. The highest BCUT2D eigenvalue weighted by Crippen LogP contribution is 2.33. The van der Waals surface area contributed by atoms with Crippen molar-refractivity contribution in [1.82, 2.24) is 0 Å². The number of nitro benzene ring substituents is 1. The summed E-state index contributed by atoms with van der Waals surface area (Å²) in [6.45, 7) is 0. The lowest BCUT2D eigenvalue weighted by molar-refractivity contribution is -0.385. The molecule has 6 heteroatoms. The molecule has 16 heavy (non-hydrogen) atoms. The Balaban J connectivity index is 3.06. The third-order valence-electron chi connectivity index (χ3n) is 2.12. The molecule has 0 aliphatic heterocycles. The number of nitro groups is 1. The van der Waals surface area contributed by atoms with E-state index in [0.717, 1.165) is 0 Å². The van der Waals surface area contributed by atoms with Crippen molar-refractivity contribution in [3.8, 4) is 5.75 Å². The lowest BCUT2D eigenvalue weighted by atomic mass is 10.1. The lowest BCUT2D eigenvalue weighted by Crippen LogP contribution is -1.97. The van der Waals surface area contributed by atoms with Crippen LogP contribution >= 0.6 is 23.2 Å². The normalized spacial score (nSPS) is 12.2. The van der Waals surface area contributed by atoms with Gasteiger partial charge in [-0.05, 0) is 18.1 Å². The molecule has 1 atom stereocenters. The molecular formula is C10H11Cl2NO3. The molecule has 0 aliphatic carbocycles. The molecule has 4 nitrogen and oxygen atoms in total. The van der Waals surface area contributed by atoms with E-state index in [-0.39, 0.29) is 16.8 Å². The van der Waals surface area contributed by atoms with Gasteiger partial charge in [0.15, 0.2) is 5.75 Å². The molecule has 88 valence electrons. The van der Waals surface area contributed by atoms with Crippen molar-refractivity contribution in [2.24, 2.45) is 0 Å². The molecule has 0 bridgehead atoms. The van der Waals surface area contributed by atoms with Gasteiger partial charge in [0, 0.05) is 11.9 Å². The van der Waals surface area contributed by atoms with Crippen LogP contribution in [0.3, 0.4) is 0 Å². The minimum Gasteiger partial charge on any atom is -0.490 e. The summed E-state index contributed by atoms with van der Waals surface area (Å²) in [6, 6.07) is 4.66. The highest BCUT2D eigenvalue weighted by atomic mass is 35.5. The Bertz CT molecular complexity index is 384. The van der Waals surface area contributed by atoms with Gasteiger partial charge in [-0.25, -0.2) is 0 Å². The predicted molar refractivity (Wildman–Crippen MR) is 63.6 cm³/mol. The molecular weight excluding hydrogens is 253 g/mol. The van der Waals surface area contributed by atoms with Gasteiger partial charge < -0.3 is 4.74 Å². The first-order chi connectivity index (χ1) is 7.60. The first-order valence-electron chi connectivity index (χ1n) is 4.62. The van der Waals surface area contributed by atoms with Crippen LogP contribution in [0.25, 0.3) is 0 Å². The average Bonchev–Trinajstić information content (AvgIpc) is 2.28. The molecule has 0 amide bonds. The maximum Gasteiger partial charge on any atom is 0.311 e. The number of nitrogens with zero attached hydrogens (tertiary/aromatic N) is 1. The molecule has 0 spiro atoms. The molecule has 1 unspecified atom stereocenters. The number of hydrogen-bond acceptors (Lipinski definition) is 3. The summed E-state index contributed by atoms with van der Waals surface area (Å²) in [5, 5.41) is 10.5. The van der Waals surface area contributed by atoms with Crippen LogP contribution in [-0.2, 0) is 0 Å². The topological polar surface area (TPSA) is 52.4 Å². The van der Waals surface area contributed by atoms with E-state index < -0.39 is 4.92 Å². The minimum absolute atomic E-state index is 0.0831. The fraction of sp³-hybridized carbons (Fsp3) is 0.400. The number of methoxy groups -OCH3 is 1. The van der Waals surface area contributed by atoms with E-state index in [1.54, 1.807) is 6.07 Å².